The summed E-state index contributed by atoms with van der Waals surface area (Å²) in [6, 6.07) is 7.20. The van der Waals surface area contributed by atoms with E-state index in [-0.39, 0.29) is 34.3 Å². The standard InChI is InChI=1S/C25H22Cl2N8O2S3/c1-11-31-32-22(39-11)30-18(37)10-38-24-34-33-23(40-24)35-16-7-25(2,3)8-17(36)20(16)19(14(9-28)21(35)29)13-5-4-12(26)6-15(13)27/h4-6,19H,7-8,10,29H2,1-3H3,(H,30,32,37). The number of aromatic nitrogens is 4. The molecule has 1 aromatic carbocycles. The topological polar surface area (TPSA) is 151 Å². The van der Waals surface area contributed by atoms with E-state index in [1.165, 1.54) is 34.4 Å². The third kappa shape index (κ3) is 5.59. The molecule has 1 unspecified atom stereocenters. The largest absolute Gasteiger partial charge is 0.384 e. The Bertz CT molecular complexity index is 1640. The molecule has 0 spiro atoms. The number of thioether (sulfide) groups is 1. The van der Waals surface area contributed by atoms with Crippen molar-refractivity contribution >= 4 is 79.6 Å². The number of aryl methyl sites for hydroxylation is 1. The fourth-order valence-corrected chi connectivity index (χ4v) is 7.56. The average Bonchev–Trinajstić information content (AvgIpc) is 3.50. The molecule has 1 aliphatic heterocycles. The van der Waals surface area contributed by atoms with Crippen molar-refractivity contribution in [2.75, 3.05) is 16.0 Å². The number of benzene rings is 1. The summed E-state index contributed by atoms with van der Waals surface area (Å²) in [7, 11) is 0. The third-order valence-electron chi connectivity index (χ3n) is 6.34. The number of nitrogens with two attached hydrogens (primary N) is 1. The molecule has 15 heteroatoms. The van der Waals surface area contributed by atoms with Gasteiger partial charge < -0.3 is 5.73 Å². The van der Waals surface area contributed by atoms with Gasteiger partial charge in [0.25, 0.3) is 0 Å². The summed E-state index contributed by atoms with van der Waals surface area (Å²) in [5, 5.41) is 31.6. The lowest BCUT2D eigenvalue weighted by atomic mass is 9.68. The van der Waals surface area contributed by atoms with Crippen LogP contribution >= 0.6 is 57.6 Å². The Kier molecular flexibility index (Phi) is 7.91. The van der Waals surface area contributed by atoms with Crippen LogP contribution in [0.25, 0.3) is 0 Å². The Morgan fingerprint density at radius 2 is 2.02 bits per heavy atom. The smallest absolute Gasteiger partial charge is 0.236 e. The number of allylic oxidation sites excluding steroid dienone is 3. The van der Waals surface area contributed by atoms with Crippen molar-refractivity contribution in [2.45, 2.75) is 43.9 Å². The molecule has 5 rings (SSSR count). The maximum atomic E-state index is 13.7. The predicted molar refractivity (Wildman–Crippen MR) is 157 cm³/mol. The van der Waals surface area contributed by atoms with Crippen molar-refractivity contribution in [1.29, 1.82) is 5.26 Å². The minimum absolute atomic E-state index is 0.0820. The van der Waals surface area contributed by atoms with Gasteiger partial charge in [0.2, 0.25) is 16.2 Å². The van der Waals surface area contributed by atoms with Crippen LogP contribution in [-0.4, -0.2) is 37.8 Å². The summed E-state index contributed by atoms with van der Waals surface area (Å²) >= 11 is 16.4. The van der Waals surface area contributed by atoms with Gasteiger partial charge in [0, 0.05) is 27.7 Å². The van der Waals surface area contributed by atoms with Gasteiger partial charge in [-0.1, -0.05) is 77.6 Å². The van der Waals surface area contributed by atoms with Crippen LogP contribution < -0.4 is 16.0 Å². The van der Waals surface area contributed by atoms with Gasteiger partial charge in [-0.3, -0.25) is 19.8 Å². The number of nitrogens with zero attached hydrogens (tertiary/aromatic N) is 6. The number of carbonyl (C=O) groups excluding carboxylic acids is 2. The molecule has 2 aromatic heterocycles. The monoisotopic (exact) mass is 632 g/mol. The van der Waals surface area contributed by atoms with E-state index in [9.17, 15) is 14.9 Å². The van der Waals surface area contributed by atoms with Gasteiger partial charge in [-0.2, -0.15) is 5.26 Å². The van der Waals surface area contributed by atoms with Crippen LogP contribution in [0.4, 0.5) is 10.3 Å². The first kappa shape index (κ1) is 28.5. The number of nitrogens with one attached hydrogen (secondary N) is 1. The lowest BCUT2D eigenvalue weighted by Crippen LogP contribution is -2.42. The van der Waals surface area contributed by atoms with Gasteiger partial charge in [-0.15, -0.1) is 20.4 Å². The second kappa shape index (κ2) is 11.1. The fraction of sp³-hybridized carbons (Fsp3) is 0.320. The molecule has 3 aromatic rings. The van der Waals surface area contributed by atoms with E-state index >= 15 is 0 Å². The minimum atomic E-state index is -0.737. The van der Waals surface area contributed by atoms with Crippen LogP contribution in [0.5, 0.6) is 0 Å². The summed E-state index contributed by atoms with van der Waals surface area (Å²) in [5.41, 5.74) is 8.20. The Hall–Kier alpha value is -3.02. The first-order valence-corrected chi connectivity index (χ1v) is 15.3. The van der Waals surface area contributed by atoms with Gasteiger partial charge in [-0.25, -0.2) is 0 Å². The number of carbonyl (C=O) groups is 2. The van der Waals surface area contributed by atoms with E-state index in [1.807, 2.05) is 13.8 Å². The van der Waals surface area contributed by atoms with Gasteiger partial charge in [0.1, 0.15) is 10.8 Å². The van der Waals surface area contributed by atoms with Gasteiger partial charge >= 0.3 is 0 Å². The van der Waals surface area contributed by atoms with Gasteiger partial charge in [0.15, 0.2) is 10.1 Å². The molecule has 3 N–H and O–H groups in total. The highest BCUT2D eigenvalue weighted by Crippen LogP contribution is 2.51. The summed E-state index contributed by atoms with van der Waals surface area (Å²) < 4.78 is 0.524. The zero-order chi connectivity index (χ0) is 28.8. The van der Waals surface area contributed by atoms with Crippen LogP contribution in [-0.2, 0) is 9.59 Å². The number of Topliss-reactive ketones (excluding diaryl/α,β-unsaturated/α-hetero) is 1. The second-order valence-corrected chi connectivity index (χ2v) is 14.2. The van der Waals surface area contributed by atoms with Gasteiger partial charge in [0.05, 0.1) is 23.3 Å². The summed E-state index contributed by atoms with van der Waals surface area (Å²) in [6.07, 6.45) is 0.821. The molecule has 1 amide bonds. The van der Waals surface area contributed by atoms with Crippen molar-refractivity contribution < 1.29 is 9.59 Å². The Morgan fingerprint density at radius 1 is 1.25 bits per heavy atom. The molecular formula is C25H22Cl2N8O2S3. The molecule has 0 saturated heterocycles. The number of anilines is 2. The molecule has 0 bridgehead atoms. The van der Waals surface area contributed by atoms with E-state index in [0.717, 1.165) is 5.01 Å². The first-order valence-electron chi connectivity index (χ1n) is 11.9. The quantitative estimate of drug-likeness (QED) is 0.325. The van der Waals surface area contributed by atoms with Crippen LogP contribution in [0.3, 0.4) is 0 Å². The Morgan fingerprint density at radius 3 is 2.70 bits per heavy atom. The Balaban J connectivity index is 1.50. The molecule has 0 radical (unpaired) electrons. The molecule has 3 heterocycles. The van der Waals surface area contributed by atoms with Crippen LogP contribution in [0, 0.1) is 23.7 Å². The molecule has 40 heavy (non-hydrogen) atoms. The van der Waals surface area contributed by atoms with Crippen molar-refractivity contribution in [3.63, 3.8) is 0 Å². The molecule has 2 aliphatic rings. The molecule has 1 atom stereocenters. The van der Waals surface area contributed by atoms with Crippen molar-refractivity contribution in [3.05, 3.63) is 61.5 Å². The lowest BCUT2D eigenvalue weighted by molar-refractivity contribution is -0.118. The van der Waals surface area contributed by atoms with Crippen LogP contribution in [0.15, 0.2) is 45.2 Å². The molecule has 10 nitrogen and oxygen atoms in total. The number of nitriles is 1. The zero-order valence-electron chi connectivity index (χ0n) is 21.5. The van der Waals surface area contributed by atoms with Crippen LogP contribution in [0.2, 0.25) is 10.0 Å². The fourth-order valence-electron chi connectivity index (χ4n) is 4.75. The van der Waals surface area contributed by atoms with E-state index in [0.29, 0.717) is 54.3 Å². The predicted octanol–water partition coefficient (Wildman–Crippen LogP) is 5.68. The number of hydrogen-bond donors (Lipinski definition) is 2. The SMILES string of the molecule is Cc1nnc(NC(=O)CSc2nnc(N3C(N)=C(C#N)C(c4ccc(Cl)cc4Cl)C4=C3CC(C)(C)CC4=O)s2)s1. The van der Waals surface area contributed by atoms with Crippen LogP contribution in [0.1, 0.15) is 43.2 Å². The normalized spacial score (nSPS) is 18.6. The highest BCUT2D eigenvalue weighted by atomic mass is 35.5. The third-order valence-corrected chi connectivity index (χ3v) is 9.70. The first-order chi connectivity index (χ1) is 19.0. The van der Waals surface area contributed by atoms with E-state index in [2.05, 4.69) is 31.8 Å². The van der Waals surface area contributed by atoms with Crippen molar-refractivity contribution in [2.24, 2.45) is 11.1 Å². The summed E-state index contributed by atoms with van der Waals surface area (Å²) in [4.78, 5) is 27.7. The van der Waals surface area contributed by atoms with E-state index in [1.54, 1.807) is 30.0 Å². The maximum absolute atomic E-state index is 13.7. The molecule has 206 valence electrons. The molecule has 0 fully saturated rings. The van der Waals surface area contributed by atoms with Crippen molar-refractivity contribution in [3.8, 4) is 6.07 Å². The number of ketones is 1. The van der Waals surface area contributed by atoms with E-state index in [4.69, 9.17) is 28.9 Å². The summed E-state index contributed by atoms with van der Waals surface area (Å²) in [5.74, 6) is -0.845. The zero-order valence-corrected chi connectivity index (χ0v) is 25.4. The second-order valence-electron chi connectivity index (χ2n) is 9.96. The number of hydrogen-bond acceptors (Lipinski definition) is 12. The number of rotatable bonds is 6. The molecule has 0 saturated carbocycles. The number of halogens is 2. The summed E-state index contributed by atoms with van der Waals surface area (Å²) in [6.45, 7) is 5.82. The average molecular weight is 634 g/mol. The Labute approximate surface area is 252 Å². The van der Waals surface area contributed by atoms with E-state index < -0.39 is 5.92 Å². The minimum Gasteiger partial charge on any atom is -0.384 e. The van der Waals surface area contributed by atoms with Gasteiger partial charge in [-0.05, 0) is 36.5 Å². The van der Waals surface area contributed by atoms with Crippen molar-refractivity contribution in [1.82, 2.24) is 20.4 Å². The highest BCUT2D eigenvalue weighted by molar-refractivity contribution is 8.01. The molecular weight excluding hydrogens is 611 g/mol. The molecule has 1 aliphatic carbocycles. The lowest BCUT2D eigenvalue weighted by Gasteiger charge is -2.42. The number of amides is 1. The maximum Gasteiger partial charge on any atom is 0.236 e. The highest BCUT2D eigenvalue weighted by Gasteiger charge is 2.46.